The van der Waals surface area contributed by atoms with E-state index < -0.39 is 6.10 Å². The van der Waals surface area contributed by atoms with Crippen LogP contribution in [0, 0.1) is 0 Å². The van der Waals surface area contributed by atoms with Gasteiger partial charge in [-0.25, -0.2) is 0 Å². The molecule has 1 aliphatic carbocycles. The maximum absolute atomic E-state index is 9.56. The average molecular weight is 238 g/mol. The molecule has 0 heterocycles. The minimum atomic E-state index is -0.412. The Kier molecular flexibility index (Phi) is 3.86. The van der Waals surface area contributed by atoms with Crippen molar-refractivity contribution in [3.05, 3.63) is 24.3 Å². The van der Waals surface area contributed by atoms with Gasteiger partial charge in [-0.05, 0) is 19.1 Å². The summed E-state index contributed by atoms with van der Waals surface area (Å²) in [7, 11) is 1.62. The first-order valence-corrected chi connectivity index (χ1v) is 5.85. The number of rotatable bonds is 5. The van der Waals surface area contributed by atoms with Gasteiger partial charge in [-0.1, -0.05) is 6.07 Å². The normalized spacial score (nSPS) is 27.4. The molecule has 1 aliphatic rings. The van der Waals surface area contributed by atoms with Crippen LogP contribution in [0.3, 0.4) is 0 Å². The second kappa shape index (κ2) is 5.38. The van der Waals surface area contributed by atoms with Crippen LogP contribution >= 0.6 is 0 Å². The fourth-order valence-corrected chi connectivity index (χ4v) is 1.93. The Hall–Kier alpha value is -1.26. The monoisotopic (exact) mass is 238 g/mol. The van der Waals surface area contributed by atoms with Crippen LogP contribution in [0.5, 0.6) is 11.5 Å². The predicted octanol–water partition coefficient (Wildman–Crippen LogP) is 1.61. The van der Waals surface area contributed by atoms with Gasteiger partial charge in [0.05, 0.1) is 13.2 Å². The van der Waals surface area contributed by atoms with Crippen molar-refractivity contribution in [2.75, 3.05) is 13.7 Å². The molecule has 3 unspecified atom stereocenters. The zero-order valence-corrected chi connectivity index (χ0v) is 10.1. The summed E-state index contributed by atoms with van der Waals surface area (Å²) in [6.07, 6.45) is -0.0872. The maximum atomic E-state index is 9.56. The second-order valence-corrected chi connectivity index (χ2v) is 4.06. The van der Waals surface area contributed by atoms with E-state index in [1.807, 2.05) is 31.2 Å². The van der Waals surface area contributed by atoms with Gasteiger partial charge in [-0.15, -0.1) is 0 Å². The zero-order chi connectivity index (χ0) is 12.3. The van der Waals surface area contributed by atoms with Crippen molar-refractivity contribution in [2.45, 2.75) is 31.7 Å². The standard InChI is InChI=1S/C13H18O4/c1-3-16-13-11(14)8-12(13)17-10-6-4-5-9(7-10)15-2/h4-7,11-14H,3,8H2,1-2H3. The fourth-order valence-electron chi connectivity index (χ4n) is 1.93. The molecule has 1 fully saturated rings. The Balaban J connectivity index is 1.96. The van der Waals surface area contributed by atoms with Gasteiger partial charge in [0.2, 0.25) is 0 Å². The number of aliphatic hydroxyl groups excluding tert-OH is 1. The first-order chi connectivity index (χ1) is 8.24. The van der Waals surface area contributed by atoms with Crippen LogP contribution < -0.4 is 9.47 Å². The van der Waals surface area contributed by atoms with Crippen molar-refractivity contribution >= 4 is 0 Å². The van der Waals surface area contributed by atoms with Crippen LogP contribution in [-0.4, -0.2) is 37.1 Å². The lowest BCUT2D eigenvalue weighted by molar-refractivity contribution is -0.160. The van der Waals surface area contributed by atoms with Crippen molar-refractivity contribution in [1.82, 2.24) is 0 Å². The Morgan fingerprint density at radius 1 is 1.35 bits per heavy atom. The molecule has 1 saturated carbocycles. The van der Waals surface area contributed by atoms with E-state index in [1.54, 1.807) is 7.11 Å². The van der Waals surface area contributed by atoms with E-state index in [-0.39, 0.29) is 12.2 Å². The fraction of sp³-hybridized carbons (Fsp3) is 0.538. The highest BCUT2D eigenvalue weighted by atomic mass is 16.6. The van der Waals surface area contributed by atoms with Crippen molar-refractivity contribution in [2.24, 2.45) is 0 Å². The van der Waals surface area contributed by atoms with Gasteiger partial charge in [0, 0.05) is 19.1 Å². The molecule has 1 aromatic rings. The number of benzene rings is 1. The third-order valence-corrected chi connectivity index (χ3v) is 2.91. The van der Waals surface area contributed by atoms with Gasteiger partial charge in [0.15, 0.2) is 0 Å². The highest BCUT2D eigenvalue weighted by Gasteiger charge is 2.42. The van der Waals surface area contributed by atoms with Gasteiger partial charge in [-0.2, -0.15) is 0 Å². The summed E-state index contributed by atoms with van der Waals surface area (Å²) < 4.78 is 16.3. The molecular weight excluding hydrogens is 220 g/mol. The lowest BCUT2D eigenvalue weighted by Crippen LogP contribution is -2.55. The molecule has 1 aromatic carbocycles. The first kappa shape index (κ1) is 12.2. The zero-order valence-electron chi connectivity index (χ0n) is 10.1. The lowest BCUT2D eigenvalue weighted by Gasteiger charge is -2.40. The average Bonchev–Trinajstić information content (AvgIpc) is 2.36. The summed E-state index contributed by atoms with van der Waals surface area (Å²) in [5.74, 6) is 1.50. The van der Waals surface area contributed by atoms with E-state index >= 15 is 0 Å². The van der Waals surface area contributed by atoms with Crippen LogP contribution in [0.4, 0.5) is 0 Å². The van der Waals surface area contributed by atoms with E-state index in [9.17, 15) is 5.11 Å². The number of hydrogen-bond acceptors (Lipinski definition) is 4. The topological polar surface area (TPSA) is 47.9 Å². The second-order valence-electron chi connectivity index (χ2n) is 4.06. The van der Waals surface area contributed by atoms with E-state index in [1.165, 1.54) is 0 Å². The summed E-state index contributed by atoms with van der Waals surface area (Å²) in [5, 5.41) is 9.56. The molecule has 2 rings (SSSR count). The third-order valence-electron chi connectivity index (χ3n) is 2.91. The maximum Gasteiger partial charge on any atom is 0.130 e. The molecule has 3 atom stereocenters. The van der Waals surface area contributed by atoms with Gasteiger partial charge < -0.3 is 19.3 Å². The minimum absolute atomic E-state index is 0.0722. The predicted molar refractivity (Wildman–Crippen MR) is 63.4 cm³/mol. The molecule has 4 heteroatoms. The van der Waals surface area contributed by atoms with E-state index in [4.69, 9.17) is 14.2 Å². The van der Waals surface area contributed by atoms with Crippen LogP contribution in [0.15, 0.2) is 24.3 Å². The van der Waals surface area contributed by atoms with Crippen LogP contribution in [0.2, 0.25) is 0 Å². The van der Waals surface area contributed by atoms with Gasteiger partial charge in [0.25, 0.3) is 0 Å². The quantitative estimate of drug-likeness (QED) is 0.846. The Morgan fingerprint density at radius 2 is 2.12 bits per heavy atom. The highest BCUT2D eigenvalue weighted by Crippen LogP contribution is 2.30. The van der Waals surface area contributed by atoms with Crippen molar-refractivity contribution in [3.63, 3.8) is 0 Å². The molecule has 0 radical (unpaired) electrons. The molecule has 0 aliphatic heterocycles. The summed E-state index contributed by atoms with van der Waals surface area (Å²) >= 11 is 0. The Labute approximate surface area is 101 Å². The number of hydrogen-bond donors (Lipinski definition) is 1. The molecule has 0 aromatic heterocycles. The van der Waals surface area contributed by atoms with E-state index in [2.05, 4.69) is 0 Å². The minimum Gasteiger partial charge on any atom is -0.497 e. The first-order valence-electron chi connectivity index (χ1n) is 5.85. The number of methoxy groups -OCH3 is 1. The number of ether oxygens (including phenoxy) is 3. The number of aliphatic hydroxyl groups is 1. The van der Waals surface area contributed by atoms with Gasteiger partial charge in [-0.3, -0.25) is 0 Å². The molecule has 0 amide bonds. The molecular formula is C13H18O4. The Morgan fingerprint density at radius 3 is 2.76 bits per heavy atom. The third kappa shape index (κ3) is 2.70. The van der Waals surface area contributed by atoms with Gasteiger partial charge >= 0.3 is 0 Å². The van der Waals surface area contributed by atoms with Crippen molar-refractivity contribution in [3.8, 4) is 11.5 Å². The lowest BCUT2D eigenvalue weighted by atomic mass is 9.88. The van der Waals surface area contributed by atoms with Crippen LogP contribution in [0.25, 0.3) is 0 Å². The molecule has 0 bridgehead atoms. The molecule has 0 spiro atoms. The summed E-state index contributed by atoms with van der Waals surface area (Å²) in [5.41, 5.74) is 0. The smallest absolute Gasteiger partial charge is 0.130 e. The summed E-state index contributed by atoms with van der Waals surface area (Å²) in [4.78, 5) is 0. The van der Waals surface area contributed by atoms with Crippen LogP contribution in [0.1, 0.15) is 13.3 Å². The summed E-state index contributed by atoms with van der Waals surface area (Å²) in [6.45, 7) is 2.49. The highest BCUT2D eigenvalue weighted by molar-refractivity contribution is 5.33. The summed E-state index contributed by atoms with van der Waals surface area (Å²) in [6, 6.07) is 7.44. The Bertz CT molecular complexity index is 366. The van der Waals surface area contributed by atoms with Gasteiger partial charge in [0.1, 0.15) is 23.7 Å². The molecule has 0 saturated heterocycles. The van der Waals surface area contributed by atoms with E-state index in [0.29, 0.717) is 13.0 Å². The van der Waals surface area contributed by atoms with E-state index in [0.717, 1.165) is 11.5 Å². The van der Waals surface area contributed by atoms with Crippen molar-refractivity contribution < 1.29 is 19.3 Å². The molecule has 4 nitrogen and oxygen atoms in total. The molecule has 1 N–H and O–H groups in total. The molecule has 94 valence electrons. The largest absolute Gasteiger partial charge is 0.497 e. The molecule has 17 heavy (non-hydrogen) atoms. The van der Waals surface area contributed by atoms with Crippen molar-refractivity contribution in [1.29, 1.82) is 0 Å². The SMILES string of the molecule is CCOC1C(O)CC1Oc1cccc(OC)c1. The van der Waals surface area contributed by atoms with Crippen LogP contribution in [-0.2, 0) is 4.74 Å².